The van der Waals surface area contributed by atoms with E-state index in [0.717, 1.165) is 12.8 Å². The molecule has 0 amide bonds. The smallest absolute Gasteiger partial charge is 0.303 e. The maximum absolute atomic E-state index is 14.0. The average Bonchev–Trinajstić information content (AvgIpc) is 3.15. The van der Waals surface area contributed by atoms with Gasteiger partial charge in [-0.25, -0.2) is 4.39 Å². The van der Waals surface area contributed by atoms with Crippen LogP contribution in [-0.4, -0.2) is 18.2 Å². The molecular weight excluding hydrogens is 278 g/mol. The van der Waals surface area contributed by atoms with Gasteiger partial charge in [0.2, 0.25) is 5.82 Å². The van der Waals surface area contributed by atoms with E-state index in [4.69, 9.17) is 16.7 Å². The molecule has 2 rings (SSSR count). The number of carboxylic acids is 1. The van der Waals surface area contributed by atoms with Crippen LogP contribution in [0.2, 0.25) is 5.02 Å². The molecule has 0 aliphatic heterocycles. The molecule has 1 aromatic carbocycles. The summed E-state index contributed by atoms with van der Waals surface area (Å²) in [6.07, 6.45) is 1.41. The number of hydrogen-bond acceptors (Lipinski definition) is 2. The summed E-state index contributed by atoms with van der Waals surface area (Å²) in [4.78, 5) is 10.8. The van der Waals surface area contributed by atoms with Crippen molar-refractivity contribution in [3.63, 3.8) is 0 Å². The average molecular weight is 291 g/mol. The van der Waals surface area contributed by atoms with E-state index in [1.165, 1.54) is 13.2 Å². The van der Waals surface area contributed by atoms with Crippen molar-refractivity contribution in [2.24, 2.45) is 5.92 Å². The standard InChI is InChI=1S/C13H13ClF2O3/c1-19-13-9(14)4-8(11(15)12(13)16)7(5-10(17)18)6-2-3-6/h4,6-7H,2-3,5H2,1H3,(H,17,18). The summed E-state index contributed by atoms with van der Waals surface area (Å²) in [7, 11) is 1.19. The van der Waals surface area contributed by atoms with Gasteiger partial charge in [-0.15, -0.1) is 0 Å². The highest BCUT2D eigenvalue weighted by molar-refractivity contribution is 6.32. The summed E-state index contributed by atoms with van der Waals surface area (Å²) in [6, 6.07) is 1.27. The Morgan fingerprint density at radius 1 is 1.53 bits per heavy atom. The van der Waals surface area contributed by atoms with Crippen molar-refractivity contribution >= 4 is 17.6 Å². The Hall–Kier alpha value is -1.36. The van der Waals surface area contributed by atoms with Crippen LogP contribution in [0.3, 0.4) is 0 Å². The molecule has 1 saturated carbocycles. The van der Waals surface area contributed by atoms with Gasteiger partial charge in [0, 0.05) is 5.92 Å². The van der Waals surface area contributed by atoms with Crippen LogP contribution in [0.15, 0.2) is 6.07 Å². The predicted molar refractivity (Wildman–Crippen MR) is 65.6 cm³/mol. The van der Waals surface area contributed by atoms with Crippen LogP contribution >= 0.6 is 11.6 Å². The Bertz CT molecular complexity index is 515. The zero-order chi connectivity index (χ0) is 14.2. The summed E-state index contributed by atoms with van der Waals surface area (Å²) in [5, 5.41) is 8.83. The van der Waals surface area contributed by atoms with Gasteiger partial charge in [0.1, 0.15) is 0 Å². The third-order valence-corrected chi connectivity index (χ3v) is 3.61. The zero-order valence-corrected chi connectivity index (χ0v) is 11.0. The summed E-state index contributed by atoms with van der Waals surface area (Å²) >= 11 is 5.83. The molecule has 3 nitrogen and oxygen atoms in total. The molecule has 1 aliphatic rings. The lowest BCUT2D eigenvalue weighted by atomic mass is 9.90. The first-order valence-corrected chi connectivity index (χ1v) is 6.26. The normalized spacial score (nSPS) is 16.2. The first-order chi connectivity index (χ1) is 8.95. The highest BCUT2D eigenvalue weighted by Crippen LogP contribution is 2.47. The zero-order valence-electron chi connectivity index (χ0n) is 10.3. The molecule has 1 unspecified atom stereocenters. The summed E-state index contributed by atoms with van der Waals surface area (Å²) < 4.78 is 32.5. The predicted octanol–water partition coefficient (Wildman–Crippen LogP) is 3.60. The van der Waals surface area contributed by atoms with Gasteiger partial charge in [-0.3, -0.25) is 4.79 Å². The lowest BCUT2D eigenvalue weighted by Crippen LogP contribution is -2.11. The van der Waals surface area contributed by atoms with E-state index in [1.54, 1.807) is 0 Å². The topological polar surface area (TPSA) is 46.5 Å². The fourth-order valence-electron chi connectivity index (χ4n) is 2.27. The monoisotopic (exact) mass is 290 g/mol. The molecular formula is C13H13ClF2O3. The minimum atomic E-state index is -1.17. The Kier molecular flexibility index (Phi) is 3.94. The van der Waals surface area contributed by atoms with Crippen LogP contribution in [0, 0.1) is 17.6 Å². The fraction of sp³-hybridized carbons (Fsp3) is 0.462. The molecule has 1 fully saturated rings. The SMILES string of the molecule is COc1c(Cl)cc(C(CC(=O)O)C2CC2)c(F)c1F. The van der Waals surface area contributed by atoms with Crippen molar-refractivity contribution in [2.45, 2.75) is 25.2 Å². The number of benzene rings is 1. The molecule has 0 radical (unpaired) electrons. The number of rotatable bonds is 5. The molecule has 1 N–H and O–H groups in total. The third kappa shape index (κ3) is 2.81. The summed E-state index contributed by atoms with van der Waals surface area (Å²) in [6.45, 7) is 0. The second-order valence-electron chi connectivity index (χ2n) is 4.65. The van der Waals surface area contributed by atoms with Gasteiger partial charge in [-0.1, -0.05) is 11.6 Å². The van der Waals surface area contributed by atoms with E-state index in [1.807, 2.05) is 0 Å². The second-order valence-corrected chi connectivity index (χ2v) is 5.06. The first kappa shape index (κ1) is 14.1. The van der Waals surface area contributed by atoms with Crippen molar-refractivity contribution in [2.75, 3.05) is 7.11 Å². The molecule has 19 heavy (non-hydrogen) atoms. The molecule has 0 heterocycles. The Labute approximate surface area is 114 Å². The van der Waals surface area contributed by atoms with E-state index in [-0.39, 0.29) is 28.7 Å². The van der Waals surface area contributed by atoms with E-state index in [9.17, 15) is 13.6 Å². The fourth-order valence-corrected chi connectivity index (χ4v) is 2.55. The van der Waals surface area contributed by atoms with Gasteiger partial charge >= 0.3 is 5.97 Å². The number of hydrogen-bond donors (Lipinski definition) is 1. The van der Waals surface area contributed by atoms with Gasteiger partial charge in [0.15, 0.2) is 11.6 Å². The van der Waals surface area contributed by atoms with E-state index in [2.05, 4.69) is 4.74 Å². The van der Waals surface area contributed by atoms with Crippen molar-refractivity contribution in [1.29, 1.82) is 0 Å². The van der Waals surface area contributed by atoms with E-state index < -0.39 is 23.5 Å². The lowest BCUT2D eigenvalue weighted by Gasteiger charge is -2.17. The van der Waals surface area contributed by atoms with E-state index >= 15 is 0 Å². The van der Waals surface area contributed by atoms with Gasteiger partial charge in [-0.05, 0) is 30.4 Å². The summed E-state index contributed by atoms with van der Waals surface area (Å²) in [5.74, 6) is -4.10. The van der Waals surface area contributed by atoms with Crippen LogP contribution in [-0.2, 0) is 4.79 Å². The number of aliphatic carboxylic acids is 1. The molecule has 6 heteroatoms. The number of methoxy groups -OCH3 is 1. The van der Waals surface area contributed by atoms with E-state index in [0.29, 0.717) is 0 Å². The highest BCUT2D eigenvalue weighted by atomic mass is 35.5. The third-order valence-electron chi connectivity index (χ3n) is 3.33. The van der Waals surface area contributed by atoms with Gasteiger partial charge in [0.05, 0.1) is 18.6 Å². The minimum Gasteiger partial charge on any atom is -0.492 e. The minimum absolute atomic E-state index is 0.0215. The van der Waals surface area contributed by atoms with Crippen LogP contribution in [0.1, 0.15) is 30.7 Å². The Balaban J connectivity index is 2.45. The van der Waals surface area contributed by atoms with Crippen molar-refractivity contribution in [1.82, 2.24) is 0 Å². The van der Waals surface area contributed by atoms with Gasteiger partial charge in [-0.2, -0.15) is 4.39 Å². The molecule has 0 aromatic heterocycles. The molecule has 104 valence electrons. The molecule has 0 saturated heterocycles. The van der Waals surface area contributed by atoms with Crippen LogP contribution in [0.4, 0.5) is 8.78 Å². The van der Waals surface area contributed by atoms with Gasteiger partial charge in [0.25, 0.3) is 0 Å². The summed E-state index contributed by atoms with van der Waals surface area (Å²) in [5.41, 5.74) is 0.0215. The molecule has 1 aromatic rings. The Morgan fingerprint density at radius 3 is 2.63 bits per heavy atom. The lowest BCUT2D eigenvalue weighted by molar-refractivity contribution is -0.137. The molecule has 1 atom stereocenters. The van der Waals surface area contributed by atoms with Crippen LogP contribution in [0.5, 0.6) is 5.75 Å². The largest absolute Gasteiger partial charge is 0.492 e. The van der Waals surface area contributed by atoms with Gasteiger partial charge < -0.3 is 9.84 Å². The number of carboxylic acid groups (broad SMARTS) is 1. The molecule has 0 spiro atoms. The number of carbonyl (C=O) groups is 1. The highest BCUT2D eigenvalue weighted by Gasteiger charge is 2.36. The first-order valence-electron chi connectivity index (χ1n) is 5.88. The van der Waals surface area contributed by atoms with Crippen molar-refractivity contribution < 1.29 is 23.4 Å². The quantitative estimate of drug-likeness (QED) is 0.843. The maximum Gasteiger partial charge on any atom is 0.303 e. The van der Waals surface area contributed by atoms with Crippen molar-refractivity contribution in [3.05, 3.63) is 28.3 Å². The molecule has 1 aliphatic carbocycles. The van der Waals surface area contributed by atoms with Crippen LogP contribution in [0.25, 0.3) is 0 Å². The van der Waals surface area contributed by atoms with Crippen LogP contribution < -0.4 is 4.74 Å². The molecule has 0 bridgehead atoms. The maximum atomic E-state index is 14.0. The second kappa shape index (κ2) is 5.33. The van der Waals surface area contributed by atoms with Crippen molar-refractivity contribution in [3.8, 4) is 5.75 Å². The number of ether oxygens (including phenoxy) is 1. The number of halogens is 3. The Morgan fingerprint density at radius 2 is 2.16 bits per heavy atom.